The second-order valence-electron chi connectivity index (χ2n) is 7.58. The molecule has 0 aromatic heterocycles. The second-order valence-corrected chi connectivity index (χ2v) is 8.02. The first-order valence-corrected chi connectivity index (χ1v) is 10.1. The minimum Gasteiger partial charge on any atom is -0.373 e. The molecule has 1 aliphatic carbocycles. The SMILES string of the molecule is CCCC1CCC(CCC2COC(c3ccc(Cl)cc3)CO2)CC1. The smallest absolute Gasteiger partial charge is 0.106 e. The van der Waals surface area contributed by atoms with Gasteiger partial charge in [0.1, 0.15) is 6.10 Å². The van der Waals surface area contributed by atoms with Crippen molar-refractivity contribution in [2.45, 2.75) is 70.5 Å². The standard InChI is InChI=1S/C21H31ClO2/c1-2-3-16-4-6-17(7-5-16)8-13-20-14-24-21(15-23-20)18-9-11-19(22)12-10-18/h9-12,16-17,20-21H,2-8,13-15H2,1H3. The van der Waals surface area contributed by atoms with Crippen molar-refractivity contribution in [3.63, 3.8) is 0 Å². The third kappa shape index (κ3) is 5.21. The Morgan fingerprint density at radius 2 is 1.54 bits per heavy atom. The van der Waals surface area contributed by atoms with Gasteiger partial charge in [0.2, 0.25) is 0 Å². The first kappa shape index (κ1) is 18.2. The third-order valence-electron chi connectivity index (χ3n) is 5.77. The van der Waals surface area contributed by atoms with Gasteiger partial charge >= 0.3 is 0 Å². The van der Waals surface area contributed by atoms with Crippen LogP contribution in [0.15, 0.2) is 24.3 Å². The monoisotopic (exact) mass is 350 g/mol. The van der Waals surface area contributed by atoms with Crippen molar-refractivity contribution in [2.24, 2.45) is 11.8 Å². The maximum Gasteiger partial charge on any atom is 0.106 e. The number of rotatable bonds is 6. The fourth-order valence-corrected chi connectivity index (χ4v) is 4.34. The Hall–Kier alpha value is -0.570. The van der Waals surface area contributed by atoms with E-state index in [1.807, 2.05) is 24.3 Å². The summed E-state index contributed by atoms with van der Waals surface area (Å²) in [5, 5.41) is 0.766. The molecule has 1 saturated heterocycles. The van der Waals surface area contributed by atoms with E-state index in [-0.39, 0.29) is 12.2 Å². The summed E-state index contributed by atoms with van der Waals surface area (Å²) in [7, 11) is 0. The van der Waals surface area contributed by atoms with E-state index in [2.05, 4.69) is 6.92 Å². The molecule has 0 radical (unpaired) electrons. The highest BCUT2D eigenvalue weighted by molar-refractivity contribution is 6.30. The van der Waals surface area contributed by atoms with Crippen LogP contribution in [0.4, 0.5) is 0 Å². The zero-order valence-corrected chi connectivity index (χ0v) is 15.6. The molecule has 1 aromatic carbocycles. The zero-order chi connectivity index (χ0) is 16.8. The van der Waals surface area contributed by atoms with Crippen molar-refractivity contribution in [1.29, 1.82) is 0 Å². The molecule has 3 heteroatoms. The van der Waals surface area contributed by atoms with Gasteiger partial charge in [0, 0.05) is 5.02 Å². The van der Waals surface area contributed by atoms with E-state index in [1.54, 1.807) is 0 Å². The Balaban J connectivity index is 1.35. The molecule has 2 nitrogen and oxygen atoms in total. The highest BCUT2D eigenvalue weighted by Gasteiger charge is 2.26. The molecule has 1 aromatic rings. The van der Waals surface area contributed by atoms with Crippen LogP contribution in [0.5, 0.6) is 0 Å². The van der Waals surface area contributed by atoms with Crippen molar-refractivity contribution < 1.29 is 9.47 Å². The lowest BCUT2D eigenvalue weighted by atomic mass is 9.78. The molecular weight excluding hydrogens is 320 g/mol. The first-order chi connectivity index (χ1) is 11.7. The molecule has 1 aliphatic heterocycles. The van der Waals surface area contributed by atoms with Gasteiger partial charge in [0.05, 0.1) is 19.3 Å². The molecular formula is C21H31ClO2. The molecule has 0 amide bonds. The van der Waals surface area contributed by atoms with E-state index in [0.717, 1.165) is 35.4 Å². The predicted molar refractivity (Wildman–Crippen MR) is 99.5 cm³/mol. The first-order valence-electron chi connectivity index (χ1n) is 9.73. The molecule has 1 heterocycles. The summed E-state index contributed by atoms with van der Waals surface area (Å²) >= 11 is 5.94. The molecule has 3 rings (SSSR count). The van der Waals surface area contributed by atoms with Gasteiger partial charge in [-0.25, -0.2) is 0 Å². The summed E-state index contributed by atoms with van der Waals surface area (Å²) in [5.41, 5.74) is 1.16. The van der Waals surface area contributed by atoms with E-state index < -0.39 is 0 Å². The summed E-state index contributed by atoms with van der Waals surface area (Å²) < 4.78 is 12.1. The van der Waals surface area contributed by atoms with Crippen LogP contribution in [0.2, 0.25) is 5.02 Å². The van der Waals surface area contributed by atoms with Crippen molar-refractivity contribution in [3.8, 4) is 0 Å². The molecule has 134 valence electrons. The van der Waals surface area contributed by atoms with Crippen molar-refractivity contribution >= 4 is 11.6 Å². The molecule has 2 atom stereocenters. The Morgan fingerprint density at radius 3 is 2.12 bits per heavy atom. The fourth-order valence-electron chi connectivity index (χ4n) is 4.22. The van der Waals surface area contributed by atoms with Crippen LogP contribution >= 0.6 is 11.6 Å². The molecule has 2 aliphatic rings. The minimum absolute atomic E-state index is 0.0583. The largest absolute Gasteiger partial charge is 0.373 e. The number of benzene rings is 1. The van der Waals surface area contributed by atoms with E-state index in [4.69, 9.17) is 21.1 Å². The van der Waals surface area contributed by atoms with Gasteiger partial charge < -0.3 is 9.47 Å². The number of halogens is 1. The summed E-state index contributed by atoms with van der Waals surface area (Å²) in [4.78, 5) is 0. The Morgan fingerprint density at radius 1 is 0.875 bits per heavy atom. The molecule has 0 spiro atoms. The third-order valence-corrected chi connectivity index (χ3v) is 6.02. The number of hydrogen-bond donors (Lipinski definition) is 0. The average Bonchev–Trinajstić information content (AvgIpc) is 2.63. The lowest BCUT2D eigenvalue weighted by molar-refractivity contribution is -0.138. The van der Waals surface area contributed by atoms with Gasteiger partial charge in [-0.15, -0.1) is 0 Å². The van der Waals surface area contributed by atoms with Crippen LogP contribution in [0.25, 0.3) is 0 Å². The highest BCUT2D eigenvalue weighted by Crippen LogP contribution is 2.35. The van der Waals surface area contributed by atoms with Crippen LogP contribution in [0, 0.1) is 11.8 Å². The van der Waals surface area contributed by atoms with Gasteiger partial charge in [-0.1, -0.05) is 69.2 Å². The van der Waals surface area contributed by atoms with Crippen molar-refractivity contribution in [2.75, 3.05) is 13.2 Å². The lowest BCUT2D eigenvalue weighted by Gasteiger charge is -2.32. The predicted octanol–water partition coefficient (Wildman–Crippen LogP) is 6.18. The Kier molecular flexibility index (Phi) is 7.00. The number of hydrogen-bond acceptors (Lipinski definition) is 2. The molecule has 2 fully saturated rings. The van der Waals surface area contributed by atoms with Gasteiger partial charge in [-0.05, 0) is 42.4 Å². The maximum absolute atomic E-state index is 6.07. The summed E-state index contributed by atoms with van der Waals surface area (Å²) in [5.74, 6) is 1.91. The maximum atomic E-state index is 6.07. The van der Waals surface area contributed by atoms with Crippen molar-refractivity contribution in [1.82, 2.24) is 0 Å². The Bertz CT molecular complexity index is 471. The van der Waals surface area contributed by atoms with Gasteiger partial charge in [0.25, 0.3) is 0 Å². The van der Waals surface area contributed by atoms with Crippen LogP contribution < -0.4 is 0 Å². The quantitative estimate of drug-likeness (QED) is 0.609. The van der Waals surface area contributed by atoms with Crippen LogP contribution in [-0.4, -0.2) is 19.3 Å². The lowest BCUT2D eigenvalue weighted by Crippen LogP contribution is -2.31. The minimum atomic E-state index is 0.0583. The van der Waals surface area contributed by atoms with E-state index in [1.165, 1.54) is 44.9 Å². The molecule has 1 saturated carbocycles. The summed E-state index contributed by atoms with van der Waals surface area (Å²) in [6.07, 6.45) is 11.3. The molecule has 0 N–H and O–H groups in total. The average molecular weight is 351 g/mol. The van der Waals surface area contributed by atoms with Gasteiger partial charge in [0.15, 0.2) is 0 Å². The normalized spacial score (nSPS) is 31.1. The van der Waals surface area contributed by atoms with E-state index in [0.29, 0.717) is 6.61 Å². The summed E-state index contributed by atoms with van der Waals surface area (Å²) in [6.45, 7) is 3.69. The van der Waals surface area contributed by atoms with Crippen LogP contribution in [0.1, 0.15) is 70.0 Å². The van der Waals surface area contributed by atoms with Gasteiger partial charge in [-0.3, -0.25) is 0 Å². The zero-order valence-electron chi connectivity index (χ0n) is 14.9. The highest BCUT2D eigenvalue weighted by atomic mass is 35.5. The second kappa shape index (κ2) is 9.22. The van der Waals surface area contributed by atoms with Crippen LogP contribution in [-0.2, 0) is 9.47 Å². The van der Waals surface area contributed by atoms with E-state index >= 15 is 0 Å². The number of ether oxygens (including phenoxy) is 2. The van der Waals surface area contributed by atoms with Crippen LogP contribution in [0.3, 0.4) is 0 Å². The topological polar surface area (TPSA) is 18.5 Å². The van der Waals surface area contributed by atoms with E-state index in [9.17, 15) is 0 Å². The summed E-state index contributed by atoms with van der Waals surface area (Å²) in [6, 6.07) is 7.90. The fraction of sp³-hybridized carbons (Fsp3) is 0.714. The van der Waals surface area contributed by atoms with Crippen molar-refractivity contribution in [3.05, 3.63) is 34.9 Å². The molecule has 0 bridgehead atoms. The molecule has 2 unspecified atom stereocenters. The molecule has 24 heavy (non-hydrogen) atoms. The Labute approximate surface area is 151 Å². The van der Waals surface area contributed by atoms with Gasteiger partial charge in [-0.2, -0.15) is 0 Å².